The van der Waals surface area contributed by atoms with Crippen LogP contribution in [0.4, 0.5) is 0 Å². The lowest BCUT2D eigenvalue weighted by molar-refractivity contribution is 0.102. The highest BCUT2D eigenvalue weighted by molar-refractivity contribution is 9.10. The SMILES string of the molecule is Cc1cc(Br)c2cc(C(=O)CS(=O)(=O)ON=C(N)N)sc2c1. The number of oxime groups is 1. The predicted octanol–water partition coefficient (Wildman–Crippen LogP) is 1.69. The van der Waals surface area contributed by atoms with Gasteiger partial charge in [0.15, 0.2) is 11.5 Å². The Morgan fingerprint density at radius 2 is 2.05 bits per heavy atom. The summed E-state index contributed by atoms with van der Waals surface area (Å²) in [5, 5.41) is 3.79. The van der Waals surface area contributed by atoms with E-state index in [1.54, 1.807) is 6.07 Å². The van der Waals surface area contributed by atoms with Gasteiger partial charge in [-0.15, -0.1) is 11.3 Å². The van der Waals surface area contributed by atoms with Crippen molar-refractivity contribution in [2.75, 3.05) is 5.75 Å². The number of halogens is 1. The average molecular weight is 406 g/mol. The van der Waals surface area contributed by atoms with Crippen molar-refractivity contribution >= 4 is 59.2 Å². The van der Waals surface area contributed by atoms with Crippen molar-refractivity contribution in [1.82, 2.24) is 0 Å². The number of thiophene rings is 1. The molecule has 1 heterocycles. The summed E-state index contributed by atoms with van der Waals surface area (Å²) < 4.78 is 29.1. The number of ketones is 1. The molecule has 7 nitrogen and oxygen atoms in total. The standard InChI is InChI=1S/C12H12BrN3O4S2/c1-6-2-8(13)7-4-11(21-10(7)3-6)9(17)5-22(18,19)20-16-12(14)15/h2-4H,5H2,1H3,(H4,14,15,16). The molecule has 1 aromatic heterocycles. The number of hydrogen-bond acceptors (Lipinski definition) is 6. The number of hydrogen-bond donors (Lipinski definition) is 2. The third kappa shape index (κ3) is 3.96. The van der Waals surface area contributed by atoms with Crippen molar-refractivity contribution in [2.24, 2.45) is 16.6 Å². The van der Waals surface area contributed by atoms with Gasteiger partial charge in [-0.2, -0.15) is 8.42 Å². The smallest absolute Gasteiger partial charge is 0.336 e. The largest absolute Gasteiger partial charge is 0.367 e. The normalized spacial score (nSPS) is 11.4. The molecule has 0 saturated carbocycles. The van der Waals surface area contributed by atoms with E-state index in [0.29, 0.717) is 4.88 Å². The van der Waals surface area contributed by atoms with E-state index >= 15 is 0 Å². The number of carbonyl (C=O) groups excluding carboxylic acids is 1. The highest BCUT2D eigenvalue weighted by Crippen LogP contribution is 2.33. The van der Waals surface area contributed by atoms with Crippen LogP contribution < -0.4 is 11.5 Å². The van der Waals surface area contributed by atoms with E-state index in [0.717, 1.165) is 20.1 Å². The molecule has 10 heteroatoms. The highest BCUT2D eigenvalue weighted by Gasteiger charge is 2.22. The summed E-state index contributed by atoms with van der Waals surface area (Å²) in [7, 11) is -4.18. The molecule has 0 amide bonds. The highest BCUT2D eigenvalue weighted by atomic mass is 79.9. The van der Waals surface area contributed by atoms with Gasteiger partial charge < -0.3 is 11.5 Å². The summed E-state index contributed by atoms with van der Waals surface area (Å²) in [5.41, 5.74) is 11.0. The number of guanidine groups is 1. The summed E-state index contributed by atoms with van der Waals surface area (Å²) >= 11 is 4.63. The van der Waals surface area contributed by atoms with Crippen molar-refractivity contribution in [3.8, 4) is 0 Å². The Balaban J connectivity index is 2.27. The van der Waals surface area contributed by atoms with Crippen LogP contribution in [0.25, 0.3) is 10.1 Å². The fraction of sp³-hybridized carbons (Fsp3) is 0.167. The lowest BCUT2D eigenvalue weighted by Crippen LogP contribution is -2.24. The molecule has 4 N–H and O–H groups in total. The average Bonchev–Trinajstić information content (AvgIpc) is 2.80. The molecule has 1 aromatic carbocycles. The minimum absolute atomic E-state index is 0.318. The molecule has 0 fully saturated rings. The topological polar surface area (TPSA) is 125 Å². The summed E-state index contributed by atoms with van der Waals surface area (Å²) in [6, 6.07) is 5.48. The maximum Gasteiger partial charge on any atom is 0.336 e. The maximum absolute atomic E-state index is 12.1. The van der Waals surface area contributed by atoms with Crippen LogP contribution >= 0.6 is 27.3 Å². The van der Waals surface area contributed by atoms with E-state index in [-0.39, 0.29) is 0 Å². The number of nitrogens with two attached hydrogens (primary N) is 2. The first-order valence-corrected chi connectivity index (χ1v) is 9.10. The van der Waals surface area contributed by atoms with Gasteiger partial charge in [0.05, 0.1) is 4.88 Å². The number of nitrogens with zero attached hydrogens (tertiary/aromatic N) is 1. The van der Waals surface area contributed by atoms with E-state index in [4.69, 9.17) is 11.5 Å². The molecular formula is C12H12BrN3O4S2. The van der Waals surface area contributed by atoms with Crippen LogP contribution in [0.1, 0.15) is 15.2 Å². The molecule has 0 atom stereocenters. The number of Topliss-reactive ketones (excluding diaryl/α,β-unsaturated/α-hetero) is 1. The van der Waals surface area contributed by atoms with Gasteiger partial charge in [-0.25, -0.2) is 0 Å². The first-order chi connectivity index (χ1) is 10.2. The molecule has 0 aliphatic carbocycles. The molecule has 0 radical (unpaired) electrons. The molecule has 0 spiro atoms. The molecule has 0 aliphatic heterocycles. The van der Waals surface area contributed by atoms with E-state index < -0.39 is 27.6 Å². The molecule has 0 bridgehead atoms. The number of rotatable bonds is 5. The van der Waals surface area contributed by atoms with Crippen molar-refractivity contribution < 1.29 is 17.5 Å². The molecule has 22 heavy (non-hydrogen) atoms. The Morgan fingerprint density at radius 3 is 2.68 bits per heavy atom. The van der Waals surface area contributed by atoms with Crippen molar-refractivity contribution in [1.29, 1.82) is 0 Å². The van der Waals surface area contributed by atoms with Gasteiger partial charge in [-0.05, 0) is 35.8 Å². The Hall–Kier alpha value is -1.65. The van der Waals surface area contributed by atoms with Crippen molar-refractivity contribution in [3.05, 3.63) is 33.1 Å². The van der Waals surface area contributed by atoms with E-state index in [2.05, 4.69) is 25.4 Å². The zero-order valence-electron chi connectivity index (χ0n) is 11.4. The predicted molar refractivity (Wildman–Crippen MR) is 89.3 cm³/mol. The first-order valence-electron chi connectivity index (χ1n) is 5.91. The second-order valence-corrected chi connectivity index (χ2v) is 7.98. The van der Waals surface area contributed by atoms with Crippen LogP contribution in [0.15, 0.2) is 27.8 Å². The van der Waals surface area contributed by atoms with Gasteiger partial charge in [-0.1, -0.05) is 15.9 Å². The fourth-order valence-corrected chi connectivity index (χ4v) is 4.48. The quantitative estimate of drug-likeness (QED) is 0.337. The maximum atomic E-state index is 12.1. The number of fused-ring (bicyclic) bond motifs is 1. The fourth-order valence-electron chi connectivity index (χ4n) is 1.72. The Bertz CT molecular complexity index is 870. The first kappa shape index (κ1) is 16.7. The van der Waals surface area contributed by atoms with E-state index in [1.165, 1.54) is 11.3 Å². The summed E-state index contributed by atoms with van der Waals surface area (Å²) in [5.74, 6) is -1.97. The lowest BCUT2D eigenvalue weighted by Gasteiger charge is -1.99. The van der Waals surface area contributed by atoms with Gasteiger partial charge in [0, 0.05) is 14.6 Å². The van der Waals surface area contributed by atoms with Crippen molar-refractivity contribution in [3.63, 3.8) is 0 Å². The Morgan fingerprint density at radius 1 is 1.36 bits per heavy atom. The second-order valence-electron chi connectivity index (χ2n) is 4.49. The molecule has 0 unspecified atom stereocenters. The summed E-state index contributed by atoms with van der Waals surface area (Å²) in [6.45, 7) is 1.93. The minimum Gasteiger partial charge on any atom is -0.367 e. The summed E-state index contributed by atoms with van der Waals surface area (Å²) in [6.07, 6.45) is 0. The molecule has 0 saturated heterocycles. The third-order valence-electron chi connectivity index (χ3n) is 2.57. The number of aryl methyl sites for hydroxylation is 1. The Labute approximate surface area is 139 Å². The lowest BCUT2D eigenvalue weighted by atomic mass is 10.2. The Kier molecular flexibility index (Phi) is 4.73. The summed E-state index contributed by atoms with van der Waals surface area (Å²) in [4.78, 5) is 12.4. The second kappa shape index (κ2) is 6.23. The van der Waals surface area contributed by atoms with Crippen LogP contribution in [0.2, 0.25) is 0 Å². The molecule has 2 rings (SSSR count). The van der Waals surface area contributed by atoms with Crippen LogP contribution in [-0.4, -0.2) is 25.9 Å². The van der Waals surface area contributed by atoms with Crippen LogP contribution in [0, 0.1) is 6.92 Å². The molecule has 0 aliphatic rings. The van der Waals surface area contributed by atoms with E-state index in [9.17, 15) is 13.2 Å². The monoisotopic (exact) mass is 405 g/mol. The van der Waals surface area contributed by atoms with Gasteiger partial charge in [0.25, 0.3) is 0 Å². The van der Waals surface area contributed by atoms with Gasteiger partial charge in [0.2, 0.25) is 5.96 Å². The molecular weight excluding hydrogens is 394 g/mol. The van der Waals surface area contributed by atoms with Crippen molar-refractivity contribution in [2.45, 2.75) is 6.92 Å². The van der Waals surface area contributed by atoms with Gasteiger partial charge in [-0.3, -0.25) is 9.08 Å². The van der Waals surface area contributed by atoms with Crippen LogP contribution in [0.5, 0.6) is 0 Å². The minimum atomic E-state index is -4.18. The third-order valence-corrected chi connectivity index (χ3v) is 5.27. The molecule has 2 aromatic rings. The van der Waals surface area contributed by atoms with Crippen LogP contribution in [0.3, 0.4) is 0 Å². The molecule has 118 valence electrons. The zero-order valence-corrected chi connectivity index (χ0v) is 14.6. The zero-order chi connectivity index (χ0) is 16.5. The van der Waals surface area contributed by atoms with Crippen LogP contribution in [-0.2, 0) is 14.4 Å². The number of carbonyl (C=O) groups is 1. The van der Waals surface area contributed by atoms with Gasteiger partial charge in [0.1, 0.15) is 0 Å². The van der Waals surface area contributed by atoms with E-state index in [1.807, 2.05) is 19.1 Å². The van der Waals surface area contributed by atoms with Gasteiger partial charge >= 0.3 is 10.1 Å². The number of benzene rings is 1.